The topological polar surface area (TPSA) is 101 Å². The second-order valence-electron chi connectivity index (χ2n) is 5.20. The number of aryl methyl sites for hydroxylation is 1. The Hall–Kier alpha value is -1.74. The molecule has 0 bridgehead atoms. The number of amides is 1. The highest BCUT2D eigenvalue weighted by Crippen LogP contribution is 2.16. The van der Waals surface area contributed by atoms with E-state index < -0.39 is 10.0 Å². The van der Waals surface area contributed by atoms with E-state index in [2.05, 4.69) is 10.0 Å². The molecule has 1 aromatic heterocycles. The normalized spacial score (nSPS) is 11.4. The predicted molar refractivity (Wildman–Crippen MR) is 96.6 cm³/mol. The van der Waals surface area contributed by atoms with Gasteiger partial charge in [0.1, 0.15) is 0 Å². The zero-order chi connectivity index (χ0) is 17.4. The molecule has 0 saturated heterocycles. The van der Waals surface area contributed by atoms with Gasteiger partial charge >= 0.3 is 0 Å². The molecule has 6 nitrogen and oxygen atoms in total. The highest BCUT2D eigenvalue weighted by molar-refractivity contribution is 7.89. The van der Waals surface area contributed by atoms with Gasteiger partial charge in [-0.05, 0) is 42.5 Å². The average Bonchev–Trinajstić information content (AvgIpc) is 3.06. The Kier molecular flexibility index (Phi) is 6.92. The quantitative estimate of drug-likeness (QED) is 0.630. The van der Waals surface area contributed by atoms with E-state index in [1.165, 1.54) is 17.0 Å². The molecule has 1 aromatic carbocycles. The number of nitrogens with two attached hydrogens (primary N) is 1. The molecule has 130 valence electrons. The monoisotopic (exact) mass is 367 g/mol. The predicted octanol–water partition coefficient (Wildman–Crippen LogP) is 1.95. The molecule has 4 N–H and O–H groups in total. The molecule has 0 spiro atoms. The van der Waals surface area contributed by atoms with Crippen molar-refractivity contribution in [3.63, 3.8) is 0 Å². The Labute approximate surface area is 146 Å². The van der Waals surface area contributed by atoms with E-state index in [-0.39, 0.29) is 23.9 Å². The number of carbonyl (C=O) groups is 1. The van der Waals surface area contributed by atoms with Crippen LogP contribution in [0.5, 0.6) is 0 Å². The first-order valence-corrected chi connectivity index (χ1v) is 9.99. The van der Waals surface area contributed by atoms with Crippen molar-refractivity contribution >= 4 is 33.0 Å². The highest BCUT2D eigenvalue weighted by atomic mass is 32.2. The standard InChI is InChI=1S/C16H21N3O3S2/c17-9-10-18-24(21,22)15-7-1-4-13(12-15)19-16(20)8-2-5-14-6-3-11-23-14/h1,3-4,6-7,11-12,18H,2,5,8-10,17H2,(H,19,20). The summed E-state index contributed by atoms with van der Waals surface area (Å²) in [6, 6.07) is 10.2. The fourth-order valence-electron chi connectivity index (χ4n) is 2.12. The van der Waals surface area contributed by atoms with Crippen LogP contribution in [-0.2, 0) is 21.2 Å². The summed E-state index contributed by atoms with van der Waals surface area (Å²) in [6.45, 7) is 0.390. The number of nitrogens with one attached hydrogen (secondary N) is 2. The van der Waals surface area contributed by atoms with Crippen LogP contribution in [0.3, 0.4) is 0 Å². The fourth-order valence-corrected chi connectivity index (χ4v) is 3.96. The molecule has 0 saturated carbocycles. The molecule has 0 aliphatic carbocycles. The van der Waals surface area contributed by atoms with Crippen LogP contribution in [0.2, 0.25) is 0 Å². The molecule has 0 aliphatic rings. The molecule has 2 rings (SSSR count). The SMILES string of the molecule is NCCNS(=O)(=O)c1cccc(NC(=O)CCCc2cccs2)c1. The van der Waals surface area contributed by atoms with Crippen LogP contribution < -0.4 is 15.8 Å². The number of carbonyl (C=O) groups excluding carboxylic acids is 1. The maximum atomic E-state index is 12.1. The van der Waals surface area contributed by atoms with Gasteiger partial charge < -0.3 is 11.1 Å². The van der Waals surface area contributed by atoms with Gasteiger partial charge in [0, 0.05) is 30.1 Å². The second-order valence-corrected chi connectivity index (χ2v) is 7.99. The van der Waals surface area contributed by atoms with Gasteiger partial charge in [0.05, 0.1) is 4.90 Å². The number of sulfonamides is 1. The molecule has 24 heavy (non-hydrogen) atoms. The van der Waals surface area contributed by atoms with Crippen LogP contribution in [0.1, 0.15) is 17.7 Å². The van der Waals surface area contributed by atoms with Crippen LogP contribution in [0, 0.1) is 0 Å². The number of hydrogen-bond donors (Lipinski definition) is 3. The van der Waals surface area contributed by atoms with E-state index in [9.17, 15) is 13.2 Å². The van der Waals surface area contributed by atoms with Crippen molar-refractivity contribution in [3.8, 4) is 0 Å². The van der Waals surface area contributed by atoms with Crippen molar-refractivity contribution < 1.29 is 13.2 Å². The molecule has 0 fully saturated rings. The highest BCUT2D eigenvalue weighted by Gasteiger charge is 2.14. The molecule has 2 aromatic rings. The summed E-state index contributed by atoms with van der Waals surface area (Å²) < 4.78 is 26.5. The summed E-state index contributed by atoms with van der Waals surface area (Å²) in [5.41, 5.74) is 5.77. The van der Waals surface area contributed by atoms with Crippen molar-refractivity contribution in [3.05, 3.63) is 46.7 Å². The summed E-state index contributed by atoms with van der Waals surface area (Å²) in [4.78, 5) is 13.3. The third kappa shape index (κ3) is 5.72. The minimum Gasteiger partial charge on any atom is -0.329 e. The lowest BCUT2D eigenvalue weighted by molar-refractivity contribution is -0.116. The molecule has 0 aliphatic heterocycles. The van der Waals surface area contributed by atoms with Crippen molar-refractivity contribution in [1.29, 1.82) is 0 Å². The lowest BCUT2D eigenvalue weighted by atomic mass is 10.2. The summed E-state index contributed by atoms with van der Waals surface area (Å²) in [6.07, 6.45) is 2.01. The number of anilines is 1. The minimum absolute atomic E-state index is 0.104. The zero-order valence-corrected chi connectivity index (χ0v) is 14.8. The fraction of sp³-hybridized carbons (Fsp3) is 0.312. The molecule has 0 radical (unpaired) electrons. The van der Waals surface area contributed by atoms with Gasteiger partial charge in [-0.2, -0.15) is 0 Å². The van der Waals surface area contributed by atoms with Gasteiger partial charge in [0.15, 0.2) is 0 Å². The lowest BCUT2D eigenvalue weighted by Gasteiger charge is -2.09. The van der Waals surface area contributed by atoms with Crippen LogP contribution in [0.15, 0.2) is 46.7 Å². The van der Waals surface area contributed by atoms with Gasteiger partial charge in [0.2, 0.25) is 15.9 Å². The Morgan fingerprint density at radius 3 is 2.75 bits per heavy atom. The van der Waals surface area contributed by atoms with Gasteiger partial charge in [-0.25, -0.2) is 13.1 Å². The van der Waals surface area contributed by atoms with Crippen molar-refractivity contribution in [2.45, 2.75) is 24.2 Å². The van der Waals surface area contributed by atoms with E-state index in [4.69, 9.17) is 5.73 Å². The number of thiophene rings is 1. The molecular formula is C16H21N3O3S2. The van der Waals surface area contributed by atoms with Gasteiger partial charge in [-0.15, -0.1) is 11.3 Å². The van der Waals surface area contributed by atoms with E-state index in [0.29, 0.717) is 12.1 Å². The zero-order valence-electron chi connectivity index (χ0n) is 13.2. The lowest BCUT2D eigenvalue weighted by Crippen LogP contribution is -2.29. The summed E-state index contributed by atoms with van der Waals surface area (Å²) >= 11 is 1.68. The summed E-state index contributed by atoms with van der Waals surface area (Å²) in [5.74, 6) is -0.129. The molecule has 0 unspecified atom stereocenters. The maximum absolute atomic E-state index is 12.1. The molecule has 0 atom stereocenters. The largest absolute Gasteiger partial charge is 0.329 e. The van der Waals surface area contributed by atoms with Crippen molar-refractivity contribution in [1.82, 2.24) is 4.72 Å². The smallest absolute Gasteiger partial charge is 0.240 e. The minimum atomic E-state index is -3.61. The van der Waals surface area contributed by atoms with Crippen LogP contribution in [0.25, 0.3) is 0 Å². The van der Waals surface area contributed by atoms with Gasteiger partial charge in [-0.3, -0.25) is 4.79 Å². The van der Waals surface area contributed by atoms with E-state index in [0.717, 1.165) is 12.8 Å². The third-order valence-corrected chi connectivity index (χ3v) is 5.67. The van der Waals surface area contributed by atoms with Crippen molar-refractivity contribution in [2.75, 3.05) is 18.4 Å². The van der Waals surface area contributed by atoms with E-state index >= 15 is 0 Å². The number of rotatable bonds is 9. The van der Waals surface area contributed by atoms with E-state index in [1.54, 1.807) is 23.5 Å². The Morgan fingerprint density at radius 1 is 1.21 bits per heavy atom. The van der Waals surface area contributed by atoms with Crippen molar-refractivity contribution in [2.24, 2.45) is 5.73 Å². The first kappa shape index (κ1) is 18.6. The molecule has 8 heteroatoms. The molecule has 1 heterocycles. The Morgan fingerprint density at radius 2 is 2.04 bits per heavy atom. The number of hydrogen-bond acceptors (Lipinski definition) is 5. The van der Waals surface area contributed by atoms with Gasteiger partial charge in [0.25, 0.3) is 0 Å². The van der Waals surface area contributed by atoms with E-state index in [1.807, 2.05) is 17.5 Å². The second kappa shape index (κ2) is 8.93. The average molecular weight is 367 g/mol. The molecule has 1 amide bonds. The van der Waals surface area contributed by atoms with Crippen LogP contribution in [0.4, 0.5) is 5.69 Å². The summed E-state index contributed by atoms with van der Waals surface area (Å²) in [5, 5.41) is 4.75. The third-order valence-electron chi connectivity index (χ3n) is 3.27. The molecular weight excluding hydrogens is 346 g/mol. The van der Waals surface area contributed by atoms with Gasteiger partial charge in [-0.1, -0.05) is 12.1 Å². The summed E-state index contributed by atoms with van der Waals surface area (Å²) in [7, 11) is -3.61. The first-order chi connectivity index (χ1) is 11.5. The number of benzene rings is 1. The maximum Gasteiger partial charge on any atom is 0.240 e. The van der Waals surface area contributed by atoms with Crippen LogP contribution >= 0.6 is 11.3 Å². The Bertz CT molecular complexity index is 759. The Balaban J connectivity index is 1.90. The van der Waals surface area contributed by atoms with Crippen LogP contribution in [-0.4, -0.2) is 27.4 Å². The first-order valence-electron chi connectivity index (χ1n) is 7.63.